The van der Waals surface area contributed by atoms with Gasteiger partial charge in [0.25, 0.3) is 0 Å². The second kappa shape index (κ2) is 14.3. The number of nitrogens with one attached hydrogen (secondary N) is 2. The van der Waals surface area contributed by atoms with E-state index in [1.165, 1.54) is 12.7 Å². The number of fused-ring (bicyclic) bond motifs is 1. The lowest BCUT2D eigenvalue weighted by Crippen LogP contribution is -2.40. The summed E-state index contributed by atoms with van der Waals surface area (Å²) in [6.45, 7) is 5.92. The number of ether oxygens (including phenoxy) is 2. The fourth-order valence-electron chi connectivity index (χ4n) is 5.39. The third kappa shape index (κ3) is 8.04. The minimum absolute atomic E-state index is 0.214. The first-order valence-electron chi connectivity index (χ1n) is 14.3. The van der Waals surface area contributed by atoms with Crippen LogP contribution in [0.1, 0.15) is 56.6 Å². The van der Waals surface area contributed by atoms with Crippen molar-refractivity contribution in [2.45, 2.75) is 71.0 Å². The maximum atomic E-state index is 12.8. The van der Waals surface area contributed by atoms with Crippen LogP contribution in [0.3, 0.4) is 0 Å². The molecular weight excluding hydrogens is 510 g/mol. The number of piperidine rings is 1. The van der Waals surface area contributed by atoms with Gasteiger partial charge in [0.05, 0.1) is 20.1 Å². The van der Waals surface area contributed by atoms with E-state index in [0.717, 1.165) is 63.7 Å². The summed E-state index contributed by atoms with van der Waals surface area (Å²) in [5, 5.41) is 3.66. The van der Waals surface area contributed by atoms with Crippen LogP contribution in [0.2, 0.25) is 0 Å². The number of anilines is 1. The summed E-state index contributed by atoms with van der Waals surface area (Å²) in [7, 11) is 3.54. The Labute approximate surface area is 235 Å². The molecule has 11 nitrogen and oxygen atoms in total. The summed E-state index contributed by atoms with van der Waals surface area (Å²) in [6, 6.07) is 8.74. The molecule has 1 saturated heterocycles. The number of aromatic nitrogens is 4. The molecule has 0 bridgehead atoms. The molecular formula is C29H43N7O4. The van der Waals surface area contributed by atoms with Gasteiger partial charge in [0, 0.05) is 19.1 Å². The van der Waals surface area contributed by atoms with Crippen molar-refractivity contribution in [1.82, 2.24) is 29.7 Å². The van der Waals surface area contributed by atoms with Crippen LogP contribution in [0.15, 0.2) is 29.1 Å². The number of unbranched alkanes of at least 4 members (excludes halogenated alkanes) is 1. The molecule has 40 heavy (non-hydrogen) atoms. The molecule has 0 spiro atoms. The van der Waals surface area contributed by atoms with Crippen LogP contribution in [-0.4, -0.2) is 70.3 Å². The van der Waals surface area contributed by atoms with Crippen molar-refractivity contribution in [3.63, 3.8) is 0 Å². The first-order chi connectivity index (χ1) is 19.4. The maximum Gasteiger partial charge on any atom is 0.327 e. The van der Waals surface area contributed by atoms with Gasteiger partial charge in [-0.3, -0.25) is 9.36 Å². The van der Waals surface area contributed by atoms with Crippen LogP contribution in [-0.2, 0) is 29.0 Å². The second-order valence-corrected chi connectivity index (χ2v) is 10.8. The molecule has 11 heteroatoms. The van der Waals surface area contributed by atoms with Crippen molar-refractivity contribution in [1.29, 1.82) is 0 Å². The Balaban J connectivity index is 1.29. The number of carbonyl (C=O) groups is 1. The lowest BCUT2D eigenvalue weighted by Gasteiger charge is -2.31. The Morgan fingerprint density at radius 1 is 1.25 bits per heavy atom. The Kier molecular flexibility index (Phi) is 10.5. The van der Waals surface area contributed by atoms with Crippen LogP contribution < -0.4 is 21.5 Å². The lowest BCUT2D eigenvalue weighted by atomic mass is 9.90. The van der Waals surface area contributed by atoms with Crippen molar-refractivity contribution >= 4 is 23.0 Å². The van der Waals surface area contributed by atoms with Gasteiger partial charge in [-0.15, -0.1) is 0 Å². The molecule has 0 amide bonds. The summed E-state index contributed by atoms with van der Waals surface area (Å²) in [6.07, 6.45) is 6.33. The number of nitrogens with zero attached hydrogens (tertiary/aromatic N) is 4. The van der Waals surface area contributed by atoms with E-state index in [1.807, 2.05) is 12.1 Å². The highest BCUT2D eigenvalue weighted by atomic mass is 16.5. The van der Waals surface area contributed by atoms with Gasteiger partial charge in [0.15, 0.2) is 11.5 Å². The quantitative estimate of drug-likeness (QED) is 0.203. The molecule has 1 fully saturated rings. The summed E-state index contributed by atoms with van der Waals surface area (Å²) < 4.78 is 12.1. The van der Waals surface area contributed by atoms with Gasteiger partial charge in [0.1, 0.15) is 5.52 Å². The predicted octanol–water partition coefficient (Wildman–Crippen LogP) is 2.88. The summed E-state index contributed by atoms with van der Waals surface area (Å²) >= 11 is 0. The zero-order chi connectivity index (χ0) is 28.5. The van der Waals surface area contributed by atoms with E-state index in [2.05, 4.69) is 51.3 Å². The first kappa shape index (κ1) is 29.5. The minimum Gasteiger partial charge on any atom is -0.469 e. The van der Waals surface area contributed by atoms with Crippen molar-refractivity contribution in [2.75, 3.05) is 39.6 Å². The minimum atomic E-state index is -0.225. The van der Waals surface area contributed by atoms with Gasteiger partial charge >= 0.3 is 17.7 Å². The van der Waals surface area contributed by atoms with Crippen molar-refractivity contribution in [3.05, 3.63) is 45.9 Å². The topological polar surface area (TPSA) is 140 Å². The van der Waals surface area contributed by atoms with Crippen LogP contribution in [0, 0.1) is 5.92 Å². The number of methoxy groups -OCH3 is 1. The van der Waals surface area contributed by atoms with Crippen molar-refractivity contribution in [3.8, 4) is 6.01 Å². The highest BCUT2D eigenvalue weighted by Gasteiger charge is 2.24. The third-order valence-corrected chi connectivity index (χ3v) is 7.52. The number of H-pyrrole nitrogens is 1. The predicted molar refractivity (Wildman–Crippen MR) is 155 cm³/mol. The largest absolute Gasteiger partial charge is 0.469 e. The molecule has 0 aliphatic carbocycles. The summed E-state index contributed by atoms with van der Waals surface area (Å²) in [4.78, 5) is 38.3. The maximum absolute atomic E-state index is 12.8. The van der Waals surface area contributed by atoms with Gasteiger partial charge in [-0.05, 0) is 69.3 Å². The molecule has 3 heterocycles. The normalized spacial score (nSPS) is 17.4. The number of imidazole rings is 1. The van der Waals surface area contributed by atoms with Crippen LogP contribution in [0.25, 0.3) is 11.2 Å². The number of benzene rings is 1. The molecule has 0 radical (unpaired) electrons. The van der Waals surface area contributed by atoms with E-state index in [4.69, 9.17) is 15.2 Å². The van der Waals surface area contributed by atoms with E-state index >= 15 is 0 Å². The van der Waals surface area contributed by atoms with E-state index in [9.17, 15) is 9.59 Å². The highest BCUT2D eigenvalue weighted by molar-refractivity contribution is 5.81. The number of esters is 1. The van der Waals surface area contributed by atoms with Gasteiger partial charge in [0.2, 0.25) is 0 Å². The van der Waals surface area contributed by atoms with E-state index in [0.29, 0.717) is 42.7 Å². The van der Waals surface area contributed by atoms with E-state index in [1.54, 1.807) is 4.57 Å². The fraction of sp³-hybridized carbons (Fsp3) is 0.586. The zero-order valence-corrected chi connectivity index (χ0v) is 23.9. The van der Waals surface area contributed by atoms with Gasteiger partial charge in [-0.25, -0.2) is 4.79 Å². The average Bonchev–Trinajstić information content (AvgIpc) is 3.24. The third-order valence-electron chi connectivity index (χ3n) is 7.52. The van der Waals surface area contributed by atoms with E-state index in [-0.39, 0.29) is 23.5 Å². The monoisotopic (exact) mass is 553 g/mol. The van der Waals surface area contributed by atoms with Crippen molar-refractivity contribution in [2.24, 2.45) is 5.92 Å². The lowest BCUT2D eigenvalue weighted by molar-refractivity contribution is -0.139. The van der Waals surface area contributed by atoms with Gasteiger partial charge < -0.3 is 30.4 Å². The molecule has 1 aliphatic rings. The van der Waals surface area contributed by atoms with Crippen LogP contribution in [0.5, 0.6) is 6.01 Å². The Hall–Kier alpha value is -3.44. The van der Waals surface area contributed by atoms with Crippen LogP contribution in [0.4, 0.5) is 5.82 Å². The zero-order valence-electron chi connectivity index (χ0n) is 23.9. The fourth-order valence-corrected chi connectivity index (χ4v) is 5.39. The SMILES string of the molecule is CCCCOc1nc(N)c2[nH]c(=O)n(CC3CCNC(CCCN(C)Cc4cccc(CC(=O)OC)c4)C3)c2n1. The van der Waals surface area contributed by atoms with Gasteiger partial charge in [-0.2, -0.15) is 9.97 Å². The molecule has 0 saturated carbocycles. The number of nitrogens with two attached hydrogens (primary N) is 1. The Morgan fingerprint density at radius 3 is 2.88 bits per heavy atom. The molecule has 1 aliphatic heterocycles. The summed E-state index contributed by atoms with van der Waals surface area (Å²) in [5.41, 5.74) is 9.04. The smallest absolute Gasteiger partial charge is 0.327 e. The molecule has 218 valence electrons. The average molecular weight is 554 g/mol. The number of hydrogen-bond acceptors (Lipinski definition) is 9. The molecule has 3 aromatic rings. The molecule has 2 atom stereocenters. The standard InChI is InChI=1S/C29H43N7O4/c1-4-5-14-40-28-33-26(30)25-27(34-28)36(29(38)32-25)19-22-11-12-31-23(16-22)10-7-13-35(2)18-21-9-6-8-20(15-21)17-24(37)39-3/h6,8-9,15,22-23,31H,4-5,7,10-14,16-19H2,1-3H3,(H,32,38)(H2,30,33,34). The van der Waals surface area contributed by atoms with Crippen molar-refractivity contribution < 1.29 is 14.3 Å². The number of rotatable bonds is 14. The molecule has 1 aromatic carbocycles. The molecule has 2 aromatic heterocycles. The second-order valence-electron chi connectivity index (χ2n) is 10.8. The number of aromatic amines is 1. The highest BCUT2D eigenvalue weighted by Crippen LogP contribution is 2.24. The molecule has 2 unspecified atom stereocenters. The number of nitrogen functional groups attached to an aromatic ring is 1. The van der Waals surface area contributed by atoms with E-state index < -0.39 is 0 Å². The van der Waals surface area contributed by atoms with Gasteiger partial charge in [-0.1, -0.05) is 37.6 Å². The number of carbonyl (C=O) groups excluding carboxylic acids is 1. The number of hydrogen-bond donors (Lipinski definition) is 3. The molecule has 4 N–H and O–H groups in total. The van der Waals surface area contributed by atoms with Crippen LogP contribution >= 0.6 is 0 Å². The molecule has 4 rings (SSSR count). The Bertz CT molecular complexity index is 1320. The first-order valence-corrected chi connectivity index (χ1v) is 14.3. The Morgan fingerprint density at radius 2 is 2.08 bits per heavy atom. The summed E-state index contributed by atoms with van der Waals surface area (Å²) in [5.74, 6) is 0.366.